The van der Waals surface area contributed by atoms with E-state index in [9.17, 15) is 44.1 Å². The number of methoxy groups -OCH3 is 6. The van der Waals surface area contributed by atoms with E-state index in [-0.39, 0.29) is 165 Å². The molecule has 0 spiro atoms. The van der Waals surface area contributed by atoms with Crippen molar-refractivity contribution in [2.75, 3.05) is 121 Å². The molecule has 6 heterocycles. The highest BCUT2D eigenvalue weighted by molar-refractivity contribution is 5.96. The van der Waals surface area contributed by atoms with E-state index in [0.717, 1.165) is 99.1 Å². The van der Waals surface area contributed by atoms with Gasteiger partial charge in [0, 0.05) is 89.7 Å². The largest absolute Gasteiger partial charge is 0.496 e. The number of carbonyl (C=O) groups is 6. The fourth-order valence-corrected chi connectivity index (χ4v) is 15.1. The van der Waals surface area contributed by atoms with Gasteiger partial charge in [0.15, 0.2) is 17.1 Å². The van der Waals surface area contributed by atoms with Crippen molar-refractivity contribution < 1.29 is 72.5 Å². The Bertz CT molecular complexity index is 4120. The molecule has 6 amide bonds. The highest BCUT2D eigenvalue weighted by Crippen LogP contribution is 2.43. The molecule has 6 aromatic rings. The van der Waals surface area contributed by atoms with E-state index in [1.165, 1.54) is 57.8 Å². The van der Waals surface area contributed by atoms with Crippen LogP contribution in [-0.2, 0) is 27.5 Å². The maximum atomic E-state index is 13.7. The third kappa shape index (κ3) is 34.6. The van der Waals surface area contributed by atoms with Gasteiger partial charge in [0.1, 0.15) is 34.5 Å². The zero-order chi connectivity index (χ0) is 88.8. The summed E-state index contributed by atoms with van der Waals surface area (Å²) in [4.78, 5) is 86.3. The summed E-state index contributed by atoms with van der Waals surface area (Å²) in [5, 5.41) is 61.4. The van der Waals surface area contributed by atoms with Crippen LogP contribution in [-0.4, -0.2) is 252 Å². The van der Waals surface area contributed by atoms with Gasteiger partial charge in [-0.3, -0.25) is 42.8 Å². The summed E-state index contributed by atoms with van der Waals surface area (Å²) in [5.41, 5.74) is 5.21. The van der Waals surface area contributed by atoms with E-state index in [0.29, 0.717) is 92.0 Å². The van der Waals surface area contributed by atoms with Crippen molar-refractivity contribution in [3.05, 3.63) is 89.9 Å². The van der Waals surface area contributed by atoms with Gasteiger partial charge in [-0.25, -0.2) is 0 Å². The lowest BCUT2D eigenvalue weighted by molar-refractivity contribution is -0.122. The van der Waals surface area contributed by atoms with Crippen LogP contribution in [0.3, 0.4) is 0 Å². The molecule has 3 fully saturated rings. The normalized spacial score (nSPS) is 15.5. The Labute approximate surface area is 760 Å². The molecule has 30 nitrogen and oxygen atoms in total. The summed E-state index contributed by atoms with van der Waals surface area (Å²) in [6.45, 7) is 30.8. The Morgan fingerprint density at radius 1 is 0.392 bits per heavy atom. The molecule has 3 saturated heterocycles. The molecule has 5 unspecified atom stereocenters. The molecule has 125 heavy (non-hydrogen) atoms. The van der Waals surface area contributed by atoms with E-state index in [1.807, 2.05) is 89.4 Å². The summed E-state index contributed by atoms with van der Waals surface area (Å²) in [5.74, 6) is 3.07. The number of likely N-dealkylation sites (tertiary alicyclic amines) is 3. The highest BCUT2D eigenvalue weighted by atomic mass is 35.5. The van der Waals surface area contributed by atoms with Crippen LogP contribution in [0.2, 0.25) is 0 Å². The molecule has 0 aliphatic carbocycles. The second-order valence-corrected chi connectivity index (χ2v) is 33.4. The molecule has 9 N–H and O–H groups in total. The Morgan fingerprint density at radius 2 is 0.672 bits per heavy atom. The SMILES string of the molecule is CCC(C)Cn1nc(C(=O)N[C@@H](CCN2CCCCC2)CC(=O)NCC(O)CC)cc1-c1c(OC)cccc1OC.CCC(O)CNC(=O)C[C@H](CCN1CCCCC1)NC(=O)c1cc(-c2c(OC)cccc2OC)n(C(C)C(C)C)n1.CCC(O)CNC(=O)C[C@H](CCN1CCCCC1)NC(=O)c1cc(-c2c(OC)cccc2OC)n(CC(C)C)n1.Cl.Cl.Cl. The Kier molecular flexibility index (Phi) is 50.0. The van der Waals surface area contributed by atoms with Gasteiger partial charge in [0.25, 0.3) is 17.7 Å². The lowest BCUT2D eigenvalue weighted by atomic mass is 10.0. The Hall–Kier alpha value is -8.46. The van der Waals surface area contributed by atoms with E-state index in [2.05, 4.69) is 100 Å². The first-order valence-corrected chi connectivity index (χ1v) is 44.6. The predicted molar refractivity (Wildman–Crippen MR) is 498 cm³/mol. The number of aliphatic hydroxyl groups is 3. The second kappa shape index (κ2) is 57.4. The molecule has 9 rings (SSSR count). The maximum Gasteiger partial charge on any atom is 0.272 e. The van der Waals surface area contributed by atoms with E-state index < -0.39 is 18.3 Å². The molecule has 0 saturated carbocycles. The fraction of sp³-hybridized carbons (Fsp3) is 0.641. The molecule has 3 aliphatic rings. The zero-order valence-electron chi connectivity index (χ0n) is 77.0. The molecule has 33 heteroatoms. The lowest BCUT2D eigenvalue weighted by Gasteiger charge is -2.28. The summed E-state index contributed by atoms with van der Waals surface area (Å²) >= 11 is 0. The quantitative estimate of drug-likeness (QED) is 0.0171. The average molecular weight is 1810 g/mol. The molecule has 3 aromatic heterocycles. The fourth-order valence-electron chi connectivity index (χ4n) is 15.1. The summed E-state index contributed by atoms with van der Waals surface area (Å²) < 4.78 is 39.4. The summed E-state index contributed by atoms with van der Waals surface area (Å²) in [7, 11) is 9.64. The number of hydrogen-bond acceptors (Lipinski definition) is 21. The smallest absolute Gasteiger partial charge is 0.272 e. The van der Waals surface area contributed by atoms with E-state index >= 15 is 0 Å². The van der Waals surface area contributed by atoms with Gasteiger partial charge in [0.2, 0.25) is 17.7 Å². The van der Waals surface area contributed by atoms with E-state index in [4.69, 9.17) is 38.6 Å². The second-order valence-electron chi connectivity index (χ2n) is 33.4. The number of carbonyl (C=O) groups excluding carboxylic acids is 6. The first-order valence-electron chi connectivity index (χ1n) is 44.6. The number of amides is 6. The lowest BCUT2D eigenvalue weighted by Crippen LogP contribution is -2.43. The number of aliphatic hydroxyl groups excluding tert-OH is 3. The van der Waals surface area contributed by atoms with Gasteiger partial charge in [0.05, 0.1) is 101 Å². The number of rotatable bonds is 46. The number of benzene rings is 3. The van der Waals surface area contributed by atoms with Gasteiger partial charge < -0.3 is 90.3 Å². The minimum absolute atomic E-state index is 0. The number of hydrogen-bond donors (Lipinski definition) is 9. The van der Waals surface area contributed by atoms with E-state index in [1.54, 1.807) is 60.9 Å². The van der Waals surface area contributed by atoms with Gasteiger partial charge in [-0.05, 0) is 196 Å². The minimum Gasteiger partial charge on any atom is -0.496 e. The first kappa shape index (κ1) is 109. The summed E-state index contributed by atoms with van der Waals surface area (Å²) in [6, 6.07) is 20.9. The molecular formula is C92H148Cl3N15O15. The van der Waals surface area contributed by atoms with Crippen molar-refractivity contribution in [1.29, 1.82) is 0 Å². The molecule has 702 valence electrons. The highest BCUT2D eigenvalue weighted by Gasteiger charge is 2.32. The molecule has 3 aliphatic heterocycles. The van der Waals surface area contributed by atoms with Crippen LogP contribution < -0.4 is 60.3 Å². The number of nitrogens with zero attached hydrogens (tertiary/aromatic N) is 9. The summed E-state index contributed by atoms with van der Waals surface area (Å²) in [6.07, 6.45) is 14.0. The van der Waals surface area contributed by atoms with Gasteiger partial charge >= 0.3 is 0 Å². The average Bonchev–Trinajstić information content (AvgIpc) is 1.62. The van der Waals surface area contributed by atoms with Crippen molar-refractivity contribution in [3.63, 3.8) is 0 Å². The first-order chi connectivity index (χ1) is 58.7. The van der Waals surface area contributed by atoms with Crippen LogP contribution in [0.1, 0.15) is 229 Å². The van der Waals surface area contributed by atoms with Crippen LogP contribution in [0.25, 0.3) is 33.8 Å². The van der Waals surface area contributed by atoms with Crippen molar-refractivity contribution in [3.8, 4) is 68.3 Å². The number of piperidine rings is 3. The number of halogens is 3. The molecule has 0 radical (unpaired) electrons. The van der Waals surface area contributed by atoms with Gasteiger partial charge in [-0.1, -0.05) is 106 Å². The molecular weight excluding hydrogens is 1660 g/mol. The predicted octanol–water partition coefficient (Wildman–Crippen LogP) is 12.6. The topological polar surface area (TPSA) is 354 Å². The standard InChI is InChI=1S/2C31H49N5O5.C30H47N5O5.3ClH/c1-7-24(37)20-32-29(38)18-23(14-17-35-15-9-8-10-16-35)33-31(39)25-19-26(36(34-25)22(4)21(2)3)30-27(40-5)12-11-13-28(30)41-6;1-6-22(3)21-36-26(30-27(40-4)12-11-13-28(30)41-5)19-25(34-36)31(39)33-23(14-17-35-15-9-8-10-16-35)18-29(38)32-20-24(37)7-2;1-6-23(36)19-31-28(37)17-22(13-16-34-14-8-7-9-15-34)32-30(38)24-18-25(35(33-24)20-21(2)3)29-26(39-4)11-10-12-27(29)40-5;;;/h11-13,19,21-24,37H,7-10,14-18,20H2,1-6H3,(H,32,38)(H,33,39);11-13,19,22-24,37H,6-10,14-18,20-21H2,1-5H3,(H,32,38)(H,33,39);10-12,18,21-23,36H,6-9,13-17,19-20H2,1-5H3,(H,31,37)(H,32,38);3*1H/t2*22?,23-,24?;22-,23?;;;/m000.../s1. The van der Waals surface area contributed by atoms with Crippen LogP contribution in [0.4, 0.5) is 0 Å². The van der Waals surface area contributed by atoms with Crippen molar-refractivity contribution >= 4 is 72.7 Å². The van der Waals surface area contributed by atoms with Crippen LogP contribution in [0.5, 0.6) is 34.5 Å². The maximum absolute atomic E-state index is 13.7. The van der Waals surface area contributed by atoms with Gasteiger partial charge in [-0.15, -0.1) is 37.2 Å². The number of nitrogens with one attached hydrogen (secondary N) is 6. The molecule has 3 aromatic carbocycles. The number of ether oxygens (including phenoxy) is 6. The Morgan fingerprint density at radius 3 is 0.944 bits per heavy atom. The van der Waals surface area contributed by atoms with Crippen molar-refractivity contribution in [1.82, 2.24) is 75.9 Å². The zero-order valence-corrected chi connectivity index (χ0v) is 79.5. The minimum atomic E-state index is -0.586. The van der Waals surface area contributed by atoms with Crippen LogP contribution >= 0.6 is 37.2 Å². The molecule has 8 atom stereocenters. The molecule has 0 bridgehead atoms. The Balaban J connectivity index is 0.000000389. The third-order valence-electron chi connectivity index (χ3n) is 23.2. The number of aromatic nitrogens is 6. The van der Waals surface area contributed by atoms with Crippen molar-refractivity contribution in [2.24, 2.45) is 17.8 Å². The van der Waals surface area contributed by atoms with Gasteiger partial charge in [-0.2, -0.15) is 15.3 Å². The van der Waals surface area contributed by atoms with Crippen LogP contribution in [0, 0.1) is 17.8 Å². The van der Waals surface area contributed by atoms with Crippen LogP contribution in [0.15, 0.2) is 72.8 Å². The van der Waals surface area contributed by atoms with Crippen molar-refractivity contribution in [2.45, 2.75) is 247 Å². The third-order valence-corrected chi connectivity index (χ3v) is 23.2. The monoisotopic (exact) mass is 1810 g/mol.